The highest BCUT2D eigenvalue weighted by Gasteiger charge is 2.25. The standard InChI is InChI=1S/C17H23N3O7/c1-2-18-11-5-3-10(4-6-11)9-13(16(25)26)20-17(27)19-12(15(23)24)7-8-14(21)22/h3-6,12-13,18H,2,7-9H2,1H3,(H,21,22)(H,23,24)(H,25,26)(H2,19,20,27)/t12-,13-/m0/s1. The van der Waals surface area contributed by atoms with Gasteiger partial charge < -0.3 is 31.3 Å². The van der Waals surface area contributed by atoms with Gasteiger partial charge in [0.25, 0.3) is 0 Å². The van der Waals surface area contributed by atoms with Gasteiger partial charge in [-0.15, -0.1) is 0 Å². The maximum absolute atomic E-state index is 11.9. The van der Waals surface area contributed by atoms with Crippen LogP contribution in [0.25, 0.3) is 0 Å². The van der Waals surface area contributed by atoms with Gasteiger partial charge in [-0.25, -0.2) is 14.4 Å². The minimum atomic E-state index is -1.44. The zero-order chi connectivity index (χ0) is 20.4. The van der Waals surface area contributed by atoms with E-state index in [-0.39, 0.29) is 12.8 Å². The Labute approximate surface area is 155 Å². The van der Waals surface area contributed by atoms with E-state index in [1.165, 1.54) is 0 Å². The van der Waals surface area contributed by atoms with Crippen LogP contribution in [0.2, 0.25) is 0 Å². The second kappa shape index (κ2) is 10.6. The Morgan fingerprint density at radius 2 is 1.48 bits per heavy atom. The van der Waals surface area contributed by atoms with Crippen molar-refractivity contribution in [2.75, 3.05) is 11.9 Å². The second-order valence-corrected chi connectivity index (χ2v) is 5.76. The van der Waals surface area contributed by atoms with E-state index in [9.17, 15) is 24.3 Å². The predicted octanol–water partition coefficient (Wildman–Crippen LogP) is 0.731. The van der Waals surface area contributed by atoms with Gasteiger partial charge in [0.05, 0.1) is 0 Å². The van der Waals surface area contributed by atoms with E-state index in [1.54, 1.807) is 24.3 Å². The van der Waals surface area contributed by atoms with Gasteiger partial charge in [0.15, 0.2) is 0 Å². The van der Waals surface area contributed by atoms with Crippen LogP contribution in [0.3, 0.4) is 0 Å². The van der Waals surface area contributed by atoms with Crippen molar-refractivity contribution in [1.29, 1.82) is 0 Å². The van der Waals surface area contributed by atoms with Crippen LogP contribution in [0.15, 0.2) is 24.3 Å². The monoisotopic (exact) mass is 381 g/mol. The Hall–Kier alpha value is -3.30. The maximum atomic E-state index is 11.9. The molecule has 0 aromatic heterocycles. The lowest BCUT2D eigenvalue weighted by Crippen LogP contribution is -2.51. The fourth-order valence-corrected chi connectivity index (χ4v) is 2.28. The van der Waals surface area contributed by atoms with Crippen molar-refractivity contribution in [2.24, 2.45) is 0 Å². The highest BCUT2D eigenvalue weighted by Crippen LogP contribution is 2.11. The molecule has 10 heteroatoms. The Kier molecular flexibility index (Phi) is 8.57. The molecule has 1 rings (SSSR count). The summed E-state index contributed by atoms with van der Waals surface area (Å²) < 4.78 is 0. The molecular formula is C17H23N3O7. The summed E-state index contributed by atoms with van der Waals surface area (Å²) in [7, 11) is 0. The smallest absolute Gasteiger partial charge is 0.326 e. The maximum Gasteiger partial charge on any atom is 0.326 e. The van der Waals surface area contributed by atoms with Gasteiger partial charge >= 0.3 is 23.9 Å². The molecule has 0 aliphatic carbocycles. The Bertz CT molecular complexity index is 676. The van der Waals surface area contributed by atoms with E-state index in [0.29, 0.717) is 5.56 Å². The molecule has 0 saturated heterocycles. The minimum Gasteiger partial charge on any atom is -0.481 e. The summed E-state index contributed by atoms with van der Waals surface area (Å²) in [6.45, 7) is 2.68. The molecule has 0 aliphatic rings. The molecular weight excluding hydrogens is 358 g/mol. The van der Waals surface area contributed by atoms with Crippen molar-refractivity contribution >= 4 is 29.6 Å². The molecule has 0 unspecified atom stereocenters. The minimum absolute atomic E-state index is 0.00201. The molecule has 0 heterocycles. The molecule has 6 N–H and O–H groups in total. The number of hydrogen-bond donors (Lipinski definition) is 6. The molecule has 10 nitrogen and oxygen atoms in total. The predicted molar refractivity (Wildman–Crippen MR) is 95.7 cm³/mol. The number of carboxylic acids is 3. The van der Waals surface area contributed by atoms with Gasteiger partial charge in [-0.1, -0.05) is 12.1 Å². The number of anilines is 1. The molecule has 2 atom stereocenters. The number of rotatable bonds is 11. The van der Waals surface area contributed by atoms with Gasteiger partial charge in [0.1, 0.15) is 12.1 Å². The second-order valence-electron chi connectivity index (χ2n) is 5.76. The van der Waals surface area contributed by atoms with Crippen molar-refractivity contribution in [3.05, 3.63) is 29.8 Å². The van der Waals surface area contributed by atoms with Crippen LogP contribution in [0.1, 0.15) is 25.3 Å². The van der Waals surface area contributed by atoms with E-state index in [1.807, 2.05) is 6.92 Å². The first kappa shape index (κ1) is 21.7. The molecule has 0 aliphatic heterocycles. The Morgan fingerprint density at radius 3 is 1.96 bits per heavy atom. The van der Waals surface area contributed by atoms with Crippen LogP contribution in [0.4, 0.5) is 10.5 Å². The van der Waals surface area contributed by atoms with Crippen LogP contribution < -0.4 is 16.0 Å². The van der Waals surface area contributed by atoms with Crippen LogP contribution in [-0.2, 0) is 20.8 Å². The largest absolute Gasteiger partial charge is 0.481 e. The van der Waals surface area contributed by atoms with E-state index < -0.39 is 42.4 Å². The number of hydrogen-bond acceptors (Lipinski definition) is 5. The third kappa shape index (κ3) is 8.08. The molecule has 1 aromatic rings. The van der Waals surface area contributed by atoms with Crippen molar-refractivity contribution in [3.8, 4) is 0 Å². The first-order valence-electron chi connectivity index (χ1n) is 8.30. The summed E-state index contributed by atoms with van der Waals surface area (Å²) in [4.78, 5) is 45.0. The molecule has 0 spiro atoms. The summed E-state index contributed by atoms with van der Waals surface area (Å²) in [6, 6.07) is 3.30. The van der Waals surface area contributed by atoms with Crippen LogP contribution in [-0.4, -0.2) is 57.9 Å². The van der Waals surface area contributed by atoms with Gasteiger partial charge in [-0.3, -0.25) is 4.79 Å². The third-order valence-electron chi connectivity index (χ3n) is 3.63. The van der Waals surface area contributed by atoms with E-state index in [4.69, 9.17) is 10.2 Å². The number of carbonyl (C=O) groups is 4. The highest BCUT2D eigenvalue weighted by atomic mass is 16.4. The first-order valence-corrected chi connectivity index (χ1v) is 8.30. The first-order chi connectivity index (χ1) is 12.7. The molecule has 2 amide bonds. The van der Waals surface area contributed by atoms with E-state index in [0.717, 1.165) is 12.2 Å². The molecule has 148 valence electrons. The lowest BCUT2D eigenvalue weighted by molar-refractivity contribution is -0.140. The SMILES string of the molecule is CCNc1ccc(C[C@H](NC(=O)N[C@@H](CCC(=O)O)C(=O)O)C(=O)O)cc1. The van der Waals surface area contributed by atoms with Crippen molar-refractivity contribution < 1.29 is 34.5 Å². The molecule has 0 saturated carbocycles. The number of nitrogens with one attached hydrogen (secondary N) is 3. The number of carboxylic acid groups (broad SMARTS) is 3. The van der Waals surface area contributed by atoms with Gasteiger partial charge in [-0.2, -0.15) is 0 Å². The van der Waals surface area contributed by atoms with E-state index >= 15 is 0 Å². The summed E-state index contributed by atoms with van der Waals surface area (Å²) in [5.74, 6) is -3.89. The van der Waals surface area contributed by atoms with Gasteiger partial charge in [0, 0.05) is 25.1 Å². The molecule has 0 radical (unpaired) electrons. The number of benzene rings is 1. The average Bonchev–Trinajstić information content (AvgIpc) is 2.59. The average molecular weight is 381 g/mol. The summed E-state index contributed by atoms with van der Waals surface area (Å²) in [6.07, 6.45) is -0.762. The lowest BCUT2D eigenvalue weighted by Gasteiger charge is -2.18. The summed E-state index contributed by atoms with van der Waals surface area (Å²) in [5, 5.41) is 34.3. The normalized spacial score (nSPS) is 12.5. The van der Waals surface area contributed by atoms with E-state index in [2.05, 4.69) is 16.0 Å². The third-order valence-corrected chi connectivity index (χ3v) is 3.63. The Morgan fingerprint density at radius 1 is 0.926 bits per heavy atom. The van der Waals surface area contributed by atoms with Crippen LogP contribution in [0, 0.1) is 0 Å². The fraction of sp³-hybridized carbons (Fsp3) is 0.412. The fourth-order valence-electron chi connectivity index (χ4n) is 2.28. The quantitative estimate of drug-likeness (QED) is 0.326. The van der Waals surface area contributed by atoms with Crippen LogP contribution in [0.5, 0.6) is 0 Å². The topological polar surface area (TPSA) is 165 Å². The molecule has 0 fully saturated rings. The Balaban J connectivity index is 2.69. The molecule has 0 bridgehead atoms. The zero-order valence-corrected chi connectivity index (χ0v) is 14.8. The number of carbonyl (C=O) groups excluding carboxylic acids is 1. The number of urea groups is 1. The lowest BCUT2D eigenvalue weighted by atomic mass is 10.1. The van der Waals surface area contributed by atoms with Gasteiger partial charge in [-0.05, 0) is 31.0 Å². The van der Waals surface area contributed by atoms with Gasteiger partial charge in [0.2, 0.25) is 0 Å². The number of aliphatic carboxylic acids is 3. The highest BCUT2D eigenvalue weighted by molar-refractivity contribution is 5.86. The summed E-state index contributed by atoms with van der Waals surface area (Å²) in [5.41, 5.74) is 1.55. The molecule has 27 heavy (non-hydrogen) atoms. The zero-order valence-electron chi connectivity index (χ0n) is 14.8. The number of amides is 2. The van der Waals surface area contributed by atoms with Crippen molar-refractivity contribution in [3.63, 3.8) is 0 Å². The van der Waals surface area contributed by atoms with Crippen molar-refractivity contribution in [1.82, 2.24) is 10.6 Å². The summed E-state index contributed by atoms with van der Waals surface area (Å²) >= 11 is 0. The van der Waals surface area contributed by atoms with Crippen LogP contribution >= 0.6 is 0 Å². The van der Waals surface area contributed by atoms with Crippen molar-refractivity contribution in [2.45, 2.75) is 38.3 Å². The molecule has 1 aromatic carbocycles.